The fraction of sp³-hybridized carbons (Fsp3) is 0.875. The second-order valence-corrected chi connectivity index (χ2v) is 9.19. The maximum atomic E-state index is 11.9. The van der Waals surface area contributed by atoms with Gasteiger partial charge in [-0.1, -0.05) is 41.0 Å². The van der Waals surface area contributed by atoms with Crippen LogP contribution in [-0.4, -0.2) is 46.9 Å². The number of unbranched alkanes of at least 4 members (excludes halogenated alkanes) is 1. The van der Waals surface area contributed by atoms with Gasteiger partial charge in [0.1, 0.15) is 5.85 Å². The van der Waals surface area contributed by atoms with Crippen LogP contribution in [0.25, 0.3) is 0 Å². The number of ether oxygens (including phenoxy) is 2. The van der Waals surface area contributed by atoms with Crippen molar-refractivity contribution in [3.8, 4) is 0 Å². The average molecular weight is 381 g/mol. The number of hydrogen-bond acceptors (Lipinski definition) is 6. The Kier molecular flexibility index (Phi) is 11.0. The van der Waals surface area contributed by atoms with E-state index in [0.29, 0.717) is 6.42 Å². The minimum atomic E-state index is -3.64. The summed E-state index contributed by atoms with van der Waals surface area (Å²) >= 11 is 0. The molecule has 0 aromatic rings. The molecule has 0 fully saturated rings. The number of carbonyl (C=O) groups is 2. The average Bonchev–Trinajstić information content (AvgIpc) is 2.51. The van der Waals surface area contributed by atoms with E-state index in [2.05, 4.69) is 5.32 Å². The Bertz CT molecular complexity index is 467. The number of aliphatic hydroxyl groups is 1. The van der Waals surface area contributed by atoms with Crippen molar-refractivity contribution < 1.29 is 33.6 Å². The van der Waals surface area contributed by atoms with E-state index in [0.717, 1.165) is 6.42 Å². The van der Waals surface area contributed by atoms with Crippen LogP contribution in [0.4, 0.5) is 4.79 Å². The lowest BCUT2D eigenvalue weighted by Crippen LogP contribution is -2.36. The SMILES string of the molecule is CCCCP(=O)(O)[C@@H](O)CCNC(=O)O[C@@H](OC(=O)C(C)C)C(C)C. The van der Waals surface area contributed by atoms with E-state index in [4.69, 9.17) is 9.47 Å². The van der Waals surface area contributed by atoms with Crippen LogP contribution in [0, 0.1) is 11.8 Å². The predicted molar refractivity (Wildman–Crippen MR) is 94.3 cm³/mol. The smallest absolute Gasteiger partial charge is 0.410 e. The fourth-order valence-corrected chi connectivity index (χ4v) is 3.33. The van der Waals surface area contributed by atoms with Crippen LogP contribution in [0.5, 0.6) is 0 Å². The van der Waals surface area contributed by atoms with E-state index in [9.17, 15) is 24.2 Å². The molecule has 0 radical (unpaired) electrons. The van der Waals surface area contributed by atoms with Gasteiger partial charge in [-0.25, -0.2) is 4.79 Å². The summed E-state index contributed by atoms with van der Waals surface area (Å²) in [4.78, 5) is 33.1. The van der Waals surface area contributed by atoms with E-state index < -0.39 is 31.6 Å². The number of amides is 1. The largest absolute Gasteiger partial charge is 0.425 e. The van der Waals surface area contributed by atoms with Crippen molar-refractivity contribution in [2.45, 2.75) is 66.0 Å². The maximum absolute atomic E-state index is 11.9. The highest BCUT2D eigenvalue weighted by molar-refractivity contribution is 7.58. The summed E-state index contributed by atoms with van der Waals surface area (Å²) in [5.74, 6) is -2.44. The van der Waals surface area contributed by atoms with Crippen LogP contribution < -0.4 is 5.32 Å². The second kappa shape index (κ2) is 11.5. The monoisotopic (exact) mass is 381 g/mol. The van der Waals surface area contributed by atoms with Gasteiger partial charge >= 0.3 is 12.1 Å². The number of esters is 1. The quantitative estimate of drug-likeness (QED) is 0.286. The van der Waals surface area contributed by atoms with E-state index in [1.54, 1.807) is 27.7 Å². The Morgan fingerprint density at radius 1 is 1.16 bits per heavy atom. The molecule has 0 aliphatic rings. The molecule has 0 aromatic heterocycles. The van der Waals surface area contributed by atoms with E-state index >= 15 is 0 Å². The molecule has 25 heavy (non-hydrogen) atoms. The van der Waals surface area contributed by atoms with Gasteiger partial charge < -0.3 is 24.8 Å². The van der Waals surface area contributed by atoms with Gasteiger partial charge in [-0.3, -0.25) is 9.36 Å². The molecule has 0 aliphatic heterocycles. The van der Waals surface area contributed by atoms with Gasteiger partial charge in [0.2, 0.25) is 7.37 Å². The molecule has 0 spiro atoms. The van der Waals surface area contributed by atoms with Gasteiger partial charge in [0.25, 0.3) is 6.29 Å². The Hall–Kier alpha value is -1.11. The lowest BCUT2D eigenvalue weighted by molar-refractivity contribution is -0.178. The van der Waals surface area contributed by atoms with Crippen LogP contribution in [0.1, 0.15) is 53.9 Å². The first-order chi connectivity index (χ1) is 11.5. The van der Waals surface area contributed by atoms with Crippen LogP contribution in [0.2, 0.25) is 0 Å². The first-order valence-electron chi connectivity index (χ1n) is 8.65. The normalized spacial score (nSPS) is 16.2. The molecule has 0 saturated heterocycles. The third-order valence-electron chi connectivity index (χ3n) is 3.44. The summed E-state index contributed by atoms with van der Waals surface area (Å²) in [6.45, 7) is 8.69. The van der Waals surface area contributed by atoms with Crippen molar-refractivity contribution in [3.05, 3.63) is 0 Å². The Labute approximate surface area is 149 Å². The molecule has 0 aromatic carbocycles. The number of aliphatic hydroxyl groups excluding tert-OH is 1. The summed E-state index contributed by atoms with van der Waals surface area (Å²) in [5.41, 5.74) is 0. The topological polar surface area (TPSA) is 122 Å². The number of hydrogen-bond donors (Lipinski definition) is 3. The molecular weight excluding hydrogens is 349 g/mol. The van der Waals surface area contributed by atoms with Gasteiger partial charge in [0.15, 0.2) is 0 Å². The van der Waals surface area contributed by atoms with Crippen molar-refractivity contribution in [3.63, 3.8) is 0 Å². The molecule has 9 heteroatoms. The lowest BCUT2D eigenvalue weighted by atomic mass is 10.2. The highest BCUT2D eigenvalue weighted by atomic mass is 31.2. The standard InChI is InChI=1S/C16H32NO7P/c1-6-7-10-25(21,22)13(18)8-9-17-16(20)24-15(12(4)5)23-14(19)11(2)3/h11-13,15,18H,6-10H2,1-5H3,(H,17,20)(H,21,22)/t13-,15-/m1/s1. The summed E-state index contributed by atoms with van der Waals surface area (Å²) in [6, 6.07) is 0. The van der Waals surface area contributed by atoms with Crippen molar-refractivity contribution in [2.24, 2.45) is 11.8 Å². The third-order valence-corrected chi connectivity index (χ3v) is 5.59. The summed E-state index contributed by atoms with van der Waals surface area (Å²) < 4.78 is 22.1. The van der Waals surface area contributed by atoms with Crippen LogP contribution in [0.3, 0.4) is 0 Å². The van der Waals surface area contributed by atoms with Crippen LogP contribution in [0.15, 0.2) is 0 Å². The minimum absolute atomic E-state index is 0.0282. The van der Waals surface area contributed by atoms with Gasteiger partial charge in [0, 0.05) is 25.0 Å². The number of rotatable bonds is 11. The molecule has 0 bridgehead atoms. The first kappa shape index (κ1) is 23.9. The zero-order chi connectivity index (χ0) is 19.6. The van der Waals surface area contributed by atoms with Crippen molar-refractivity contribution in [2.75, 3.05) is 12.7 Å². The minimum Gasteiger partial charge on any atom is -0.425 e. The summed E-state index contributed by atoms with van der Waals surface area (Å²) in [6.07, 6.45) is -0.539. The van der Waals surface area contributed by atoms with Crippen molar-refractivity contribution in [1.82, 2.24) is 5.32 Å². The van der Waals surface area contributed by atoms with Gasteiger partial charge in [0.05, 0.1) is 5.92 Å². The molecule has 1 amide bonds. The zero-order valence-electron chi connectivity index (χ0n) is 15.7. The zero-order valence-corrected chi connectivity index (χ0v) is 16.6. The van der Waals surface area contributed by atoms with E-state index in [1.807, 2.05) is 6.92 Å². The molecule has 0 saturated carbocycles. The van der Waals surface area contributed by atoms with Gasteiger partial charge in [-0.05, 0) is 6.42 Å². The van der Waals surface area contributed by atoms with Crippen molar-refractivity contribution >= 4 is 19.4 Å². The van der Waals surface area contributed by atoms with Gasteiger partial charge in [-0.2, -0.15) is 0 Å². The maximum Gasteiger partial charge on any atom is 0.410 e. The molecule has 0 heterocycles. The summed E-state index contributed by atoms with van der Waals surface area (Å²) in [5, 5.41) is 12.2. The number of alkyl carbamates (subject to hydrolysis) is 1. The molecule has 148 valence electrons. The molecular formula is C16H32NO7P. The molecule has 0 rings (SSSR count). The molecule has 0 aliphatic carbocycles. The second-order valence-electron chi connectivity index (χ2n) is 6.64. The summed E-state index contributed by atoms with van der Waals surface area (Å²) in [7, 11) is -3.64. The van der Waals surface area contributed by atoms with E-state index in [1.165, 1.54) is 0 Å². The Morgan fingerprint density at radius 2 is 1.76 bits per heavy atom. The number of carbonyl (C=O) groups excluding carboxylic acids is 2. The fourth-order valence-electron chi connectivity index (χ4n) is 1.73. The lowest BCUT2D eigenvalue weighted by Gasteiger charge is -2.23. The highest BCUT2D eigenvalue weighted by Crippen LogP contribution is 2.46. The molecule has 3 atom stereocenters. The Morgan fingerprint density at radius 3 is 2.24 bits per heavy atom. The predicted octanol–water partition coefficient (Wildman–Crippen LogP) is 2.67. The highest BCUT2D eigenvalue weighted by Gasteiger charge is 2.28. The van der Waals surface area contributed by atoms with Crippen LogP contribution >= 0.6 is 7.37 Å². The van der Waals surface area contributed by atoms with Crippen molar-refractivity contribution in [1.29, 1.82) is 0 Å². The first-order valence-corrected chi connectivity index (χ1v) is 10.6. The number of nitrogens with one attached hydrogen (secondary N) is 1. The van der Waals surface area contributed by atoms with Crippen LogP contribution in [-0.2, 0) is 18.8 Å². The van der Waals surface area contributed by atoms with Gasteiger partial charge in [-0.15, -0.1) is 0 Å². The molecule has 3 N–H and O–H groups in total. The third kappa shape index (κ3) is 9.82. The van der Waals surface area contributed by atoms with E-state index in [-0.39, 0.29) is 31.0 Å². The Balaban J connectivity index is 4.36. The molecule has 8 nitrogen and oxygen atoms in total. The molecule has 1 unspecified atom stereocenters.